The van der Waals surface area contributed by atoms with Crippen molar-refractivity contribution < 1.29 is 80.2 Å². The fraction of sp³-hybridized carbons (Fsp3) is 0.941. The highest BCUT2D eigenvalue weighted by molar-refractivity contribution is 7.47. The number of unbranched alkanes of at least 4 members (excludes halogenated alkanes) is 30. The topological polar surface area (TPSA) is 237 Å². The quantitative estimate of drug-likeness (QED) is 0.0222. The first-order valence-electron chi connectivity index (χ1n) is 35.2. The molecule has 0 aromatic heterocycles. The minimum Gasteiger partial charge on any atom is -0.462 e. The summed E-state index contributed by atoms with van der Waals surface area (Å²) in [5.74, 6) is 0.840. The molecule has 6 atom stereocenters. The zero-order valence-electron chi connectivity index (χ0n) is 56.6. The summed E-state index contributed by atoms with van der Waals surface area (Å²) in [6.45, 7) is 14.0. The molecule has 0 aliphatic carbocycles. The molecule has 4 unspecified atom stereocenters. The second-order valence-corrected chi connectivity index (χ2v) is 29.1. The molecule has 0 radical (unpaired) electrons. The normalized spacial score (nSPS) is 14.6. The first-order chi connectivity index (χ1) is 41.6. The van der Waals surface area contributed by atoms with Crippen LogP contribution in [0, 0.1) is 23.7 Å². The summed E-state index contributed by atoms with van der Waals surface area (Å²) in [5.41, 5.74) is 0. The minimum absolute atomic E-state index is 0.103. The third kappa shape index (κ3) is 61.3. The maximum Gasteiger partial charge on any atom is 0.472 e. The number of hydrogen-bond donors (Lipinski definition) is 3. The van der Waals surface area contributed by atoms with Gasteiger partial charge in [0.15, 0.2) is 12.2 Å². The van der Waals surface area contributed by atoms with Gasteiger partial charge in [-0.2, -0.15) is 0 Å². The monoisotopic (exact) mass is 1280 g/mol. The first kappa shape index (κ1) is 85.1. The lowest BCUT2D eigenvalue weighted by atomic mass is 9.99. The van der Waals surface area contributed by atoms with Gasteiger partial charge in [0.05, 0.1) is 26.4 Å². The van der Waals surface area contributed by atoms with E-state index < -0.39 is 97.5 Å². The van der Waals surface area contributed by atoms with Crippen molar-refractivity contribution in [1.82, 2.24) is 0 Å². The molecular formula is C68H132O17P2. The SMILES string of the molecule is CCC(C)CCCCCCCCCCCCC(=O)O[C@H](COC(=O)CCCCCCCCCCC(C)C)COP(=O)(O)OCC(O)COP(=O)(O)OC[C@@H](COC(=O)CCCCCCCCCCC(C)C)OC(=O)CCCCCCCCCCC(C)C. The van der Waals surface area contributed by atoms with Gasteiger partial charge in [-0.1, -0.05) is 280 Å². The molecule has 0 bridgehead atoms. The highest BCUT2D eigenvalue weighted by atomic mass is 31.2. The van der Waals surface area contributed by atoms with Crippen molar-refractivity contribution in [3.05, 3.63) is 0 Å². The Hall–Kier alpha value is -1.94. The molecule has 0 saturated heterocycles. The number of carbonyl (C=O) groups excluding carboxylic acids is 4. The van der Waals surface area contributed by atoms with Crippen LogP contribution in [0.15, 0.2) is 0 Å². The Morgan fingerprint density at radius 2 is 0.552 bits per heavy atom. The Kier molecular flexibility index (Phi) is 56.6. The van der Waals surface area contributed by atoms with Crippen LogP contribution in [-0.2, 0) is 65.4 Å². The predicted molar refractivity (Wildman–Crippen MR) is 349 cm³/mol. The smallest absolute Gasteiger partial charge is 0.462 e. The molecule has 19 heteroatoms. The Morgan fingerprint density at radius 3 is 0.816 bits per heavy atom. The minimum atomic E-state index is -4.95. The first-order valence-corrected chi connectivity index (χ1v) is 38.2. The van der Waals surface area contributed by atoms with Gasteiger partial charge in [0.1, 0.15) is 19.3 Å². The second-order valence-electron chi connectivity index (χ2n) is 26.2. The molecule has 516 valence electrons. The highest BCUT2D eigenvalue weighted by Gasteiger charge is 2.30. The van der Waals surface area contributed by atoms with Gasteiger partial charge in [0, 0.05) is 25.7 Å². The van der Waals surface area contributed by atoms with E-state index in [4.69, 9.17) is 37.0 Å². The van der Waals surface area contributed by atoms with E-state index in [0.29, 0.717) is 25.7 Å². The Balaban J connectivity index is 5.27. The molecule has 0 amide bonds. The van der Waals surface area contributed by atoms with Crippen LogP contribution in [0.1, 0.15) is 331 Å². The summed E-state index contributed by atoms with van der Waals surface area (Å²) < 4.78 is 68.2. The van der Waals surface area contributed by atoms with Gasteiger partial charge in [-0.15, -0.1) is 0 Å². The van der Waals surface area contributed by atoms with Gasteiger partial charge in [0.2, 0.25) is 0 Å². The number of esters is 4. The maximum absolute atomic E-state index is 13.0. The number of ether oxygens (including phenoxy) is 4. The van der Waals surface area contributed by atoms with Crippen LogP contribution in [0.3, 0.4) is 0 Å². The molecule has 0 rings (SSSR count). The Labute approximate surface area is 530 Å². The largest absolute Gasteiger partial charge is 0.472 e. The summed E-state index contributed by atoms with van der Waals surface area (Å²) >= 11 is 0. The molecule has 0 spiro atoms. The molecule has 0 aliphatic heterocycles. The second kappa shape index (κ2) is 57.9. The number of aliphatic hydroxyl groups is 1. The van der Waals surface area contributed by atoms with E-state index in [1.165, 1.54) is 135 Å². The van der Waals surface area contributed by atoms with E-state index in [0.717, 1.165) is 114 Å². The number of phosphoric ester groups is 2. The summed E-state index contributed by atoms with van der Waals surface area (Å²) in [4.78, 5) is 72.4. The van der Waals surface area contributed by atoms with Gasteiger partial charge in [-0.3, -0.25) is 37.3 Å². The van der Waals surface area contributed by atoms with Crippen LogP contribution in [0.2, 0.25) is 0 Å². The molecule has 0 fully saturated rings. The van der Waals surface area contributed by atoms with E-state index in [1.54, 1.807) is 0 Å². The van der Waals surface area contributed by atoms with Crippen molar-refractivity contribution in [2.45, 2.75) is 350 Å². The molecule has 0 aromatic carbocycles. The zero-order chi connectivity index (χ0) is 64.7. The third-order valence-electron chi connectivity index (χ3n) is 15.9. The van der Waals surface area contributed by atoms with Crippen LogP contribution in [0.5, 0.6) is 0 Å². The fourth-order valence-electron chi connectivity index (χ4n) is 10.1. The van der Waals surface area contributed by atoms with Crippen LogP contribution >= 0.6 is 15.6 Å². The molecule has 87 heavy (non-hydrogen) atoms. The van der Waals surface area contributed by atoms with Gasteiger partial charge in [-0.25, -0.2) is 9.13 Å². The average Bonchev–Trinajstić information content (AvgIpc) is 3.68. The molecular weight excluding hydrogens is 1150 g/mol. The third-order valence-corrected chi connectivity index (χ3v) is 17.8. The Bertz CT molecular complexity index is 1730. The number of hydrogen-bond acceptors (Lipinski definition) is 15. The van der Waals surface area contributed by atoms with Crippen molar-refractivity contribution in [1.29, 1.82) is 0 Å². The number of phosphoric acid groups is 2. The zero-order valence-corrected chi connectivity index (χ0v) is 58.4. The fourth-order valence-corrected chi connectivity index (χ4v) is 11.7. The van der Waals surface area contributed by atoms with Gasteiger partial charge in [0.25, 0.3) is 0 Å². The van der Waals surface area contributed by atoms with E-state index in [1.807, 2.05) is 0 Å². The average molecular weight is 1280 g/mol. The van der Waals surface area contributed by atoms with Gasteiger partial charge in [-0.05, 0) is 49.4 Å². The molecule has 3 N–H and O–H groups in total. The van der Waals surface area contributed by atoms with E-state index in [2.05, 4.69) is 55.4 Å². The summed E-state index contributed by atoms with van der Waals surface area (Å²) in [5, 5.41) is 10.6. The van der Waals surface area contributed by atoms with Gasteiger partial charge < -0.3 is 33.8 Å². The van der Waals surface area contributed by atoms with Crippen LogP contribution in [0.4, 0.5) is 0 Å². The molecule has 0 heterocycles. The van der Waals surface area contributed by atoms with Crippen molar-refractivity contribution >= 4 is 39.5 Å². The summed E-state index contributed by atoms with van der Waals surface area (Å²) in [7, 11) is -9.90. The van der Waals surface area contributed by atoms with E-state index in [-0.39, 0.29) is 25.7 Å². The van der Waals surface area contributed by atoms with Crippen molar-refractivity contribution in [3.8, 4) is 0 Å². The molecule has 0 saturated carbocycles. The maximum atomic E-state index is 13.0. The molecule has 17 nitrogen and oxygen atoms in total. The standard InChI is InChI=1S/C68H132O17P2/c1-9-61(8)47-39-31-23-12-10-11-13-26-34-42-50-67(72)84-63(54-78-65(70)48-40-32-24-17-14-20-28-36-44-58(2)3)56-82-86(74,75)80-52-62(69)53-81-87(76,77)83-57-64(85-68(73)51-43-35-27-19-16-22-30-38-46-60(6)7)55-79-66(71)49-41-33-25-18-15-21-29-37-45-59(4)5/h58-64,69H,9-57H2,1-8H3,(H,74,75)(H,76,77)/t61?,62?,63-,64-/m1/s1. The van der Waals surface area contributed by atoms with Gasteiger partial charge >= 0.3 is 39.5 Å². The Morgan fingerprint density at radius 1 is 0.322 bits per heavy atom. The van der Waals surface area contributed by atoms with Crippen molar-refractivity contribution in [2.75, 3.05) is 39.6 Å². The lowest BCUT2D eigenvalue weighted by Gasteiger charge is -2.21. The van der Waals surface area contributed by atoms with Crippen molar-refractivity contribution in [2.24, 2.45) is 23.7 Å². The van der Waals surface area contributed by atoms with Crippen LogP contribution in [-0.4, -0.2) is 96.7 Å². The molecule has 0 aromatic rings. The summed E-state index contributed by atoms with van der Waals surface area (Å²) in [6, 6.07) is 0. The lowest BCUT2D eigenvalue weighted by molar-refractivity contribution is -0.161. The van der Waals surface area contributed by atoms with E-state index in [9.17, 15) is 43.2 Å². The lowest BCUT2D eigenvalue weighted by Crippen LogP contribution is -2.30. The predicted octanol–water partition coefficient (Wildman–Crippen LogP) is 18.9. The van der Waals surface area contributed by atoms with Crippen molar-refractivity contribution in [3.63, 3.8) is 0 Å². The summed E-state index contributed by atoms with van der Waals surface area (Å²) in [6.07, 6.45) is 38.9. The number of carbonyl (C=O) groups is 4. The number of rotatable bonds is 65. The highest BCUT2D eigenvalue weighted by Crippen LogP contribution is 2.45. The number of aliphatic hydroxyl groups excluding tert-OH is 1. The van der Waals surface area contributed by atoms with Crippen LogP contribution < -0.4 is 0 Å². The van der Waals surface area contributed by atoms with E-state index >= 15 is 0 Å². The molecule has 0 aliphatic rings. The van der Waals surface area contributed by atoms with Crippen LogP contribution in [0.25, 0.3) is 0 Å².